The van der Waals surface area contributed by atoms with E-state index in [2.05, 4.69) is 5.48 Å². The number of fused-ring (bicyclic) bond motifs is 1. The Morgan fingerprint density at radius 1 is 0.952 bits per heavy atom. The van der Waals surface area contributed by atoms with E-state index in [1.807, 2.05) is 0 Å². The number of hydroxylamine groups is 1. The third-order valence-electron chi connectivity index (χ3n) is 3.58. The number of carbonyl (C=O) groups excluding carboxylic acids is 2. The van der Waals surface area contributed by atoms with E-state index in [-0.39, 0.29) is 32.2 Å². The molecule has 0 bridgehead atoms. The molecule has 1 N–H and O–H groups in total. The van der Waals surface area contributed by atoms with Crippen LogP contribution in [0.15, 0.2) is 0 Å². The molecule has 0 spiro atoms. The SMILES string of the molecule is COCN1C(=O)N(C)C2C1N(COC)C(=O)N2CNOC. The Morgan fingerprint density at radius 2 is 1.52 bits per heavy atom. The standard InChI is InChI=1S/C11H21N5O5/c1-13-8-9(15(6-19-2)10(13)17)16(7-20-3)11(18)14(8)5-12-21-4/h8-9,12H,5-7H2,1-4H3. The zero-order valence-corrected chi connectivity index (χ0v) is 12.6. The van der Waals surface area contributed by atoms with Gasteiger partial charge in [-0.1, -0.05) is 0 Å². The lowest BCUT2D eigenvalue weighted by Crippen LogP contribution is -2.48. The molecule has 2 aliphatic rings. The summed E-state index contributed by atoms with van der Waals surface area (Å²) in [6.45, 7) is 0.351. The van der Waals surface area contributed by atoms with Gasteiger partial charge in [0.25, 0.3) is 0 Å². The summed E-state index contributed by atoms with van der Waals surface area (Å²) < 4.78 is 10.2. The van der Waals surface area contributed by atoms with Crippen LogP contribution >= 0.6 is 0 Å². The summed E-state index contributed by atoms with van der Waals surface area (Å²) in [5, 5.41) is 0. The topological polar surface area (TPSA) is 86.8 Å². The molecule has 2 fully saturated rings. The smallest absolute Gasteiger partial charge is 0.326 e. The molecular weight excluding hydrogens is 282 g/mol. The second kappa shape index (κ2) is 6.43. The average molecular weight is 303 g/mol. The molecule has 0 saturated carbocycles. The third-order valence-corrected chi connectivity index (χ3v) is 3.58. The quantitative estimate of drug-likeness (QED) is 0.611. The first-order valence-electron chi connectivity index (χ1n) is 6.42. The molecule has 2 atom stereocenters. The summed E-state index contributed by atoms with van der Waals surface area (Å²) in [5.74, 6) is 0. The van der Waals surface area contributed by atoms with Crippen molar-refractivity contribution >= 4 is 12.1 Å². The second-order valence-electron chi connectivity index (χ2n) is 4.75. The van der Waals surface area contributed by atoms with Crippen LogP contribution in [0.1, 0.15) is 0 Å². The van der Waals surface area contributed by atoms with Gasteiger partial charge < -0.3 is 19.2 Å². The molecule has 21 heavy (non-hydrogen) atoms. The van der Waals surface area contributed by atoms with Crippen molar-refractivity contribution in [2.75, 3.05) is 48.5 Å². The average Bonchev–Trinajstić information content (AvgIpc) is 2.87. The number of likely N-dealkylation sites (N-methyl/N-ethyl adjacent to an activating group) is 1. The van der Waals surface area contributed by atoms with Crippen LogP contribution in [0, 0.1) is 0 Å². The van der Waals surface area contributed by atoms with Gasteiger partial charge >= 0.3 is 12.1 Å². The monoisotopic (exact) mass is 303 g/mol. The maximum absolute atomic E-state index is 12.5. The number of carbonyl (C=O) groups is 2. The van der Waals surface area contributed by atoms with Crippen LogP contribution in [0.2, 0.25) is 0 Å². The fourth-order valence-corrected chi connectivity index (χ4v) is 2.72. The van der Waals surface area contributed by atoms with Crippen molar-refractivity contribution < 1.29 is 23.9 Å². The molecule has 2 aliphatic heterocycles. The first kappa shape index (κ1) is 15.8. The van der Waals surface area contributed by atoms with Crippen LogP contribution in [0.5, 0.6) is 0 Å². The van der Waals surface area contributed by atoms with Gasteiger partial charge in [0.15, 0.2) is 12.3 Å². The van der Waals surface area contributed by atoms with Crippen molar-refractivity contribution in [2.45, 2.75) is 12.3 Å². The predicted molar refractivity (Wildman–Crippen MR) is 70.4 cm³/mol. The predicted octanol–water partition coefficient (Wildman–Crippen LogP) is -0.940. The lowest BCUT2D eigenvalue weighted by atomic mass is 10.3. The van der Waals surface area contributed by atoms with Gasteiger partial charge in [-0.15, -0.1) is 0 Å². The normalized spacial score (nSPS) is 25.3. The fourth-order valence-electron chi connectivity index (χ4n) is 2.72. The maximum atomic E-state index is 12.5. The van der Waals surface area contributed by atoms with E-state index in [1.54, 1.807) is 7.05 Å². The van der Waals surface area contributed by atoms with Gasteiger partial charge in [-0.2, -0.15) is 5.48 Å². The van der Waals surface area contributed by atoms with E-state index in [1.165, 1.54) is 40.9 Å². The Morgan fingerprint density at radius 3 is 2.05 bits per heavy atom. The van der Waals surface area contributed by atoms with Crippen LogP contribution < -0.4 is 5.48 Å². The minimum absolute atomic E-state index is 0.0881. The van der Waals surface area contributed by atoms with Crippen LogP contribution in [-0.4, -0.2) is 92.5 Å². The molecule has 10 nitrogen and oxygen atoms in total. The molecule has 0 aromatic rings. The molecule has 2 unspecified atom stereocenters. The molecule has 10 heteroatoms. The van der Waals surface area contributed by atoms with Crippen molar-refractivity contribution in [3.63, 3.8) is 0 Å². The molecule has 0 aromatic carbocycles. The van der Waals surface area contributed by atoms with Gasteiger partial charge in [-0.05, 0) is 0 Å². The van der Waals surface area contributed by atoms with Crippen molar-refractivity contribution in [1.29, 1.82) is 0 Å². The zero-order chi connectivity index (χ0) is 15.6. The van der Waals surface area contributed by atoms with Gasteiger partial charge in [-0.3, -0.25) is 14.7 Å². The van der Waals surface area contributed by atoms with Crippen LogP contribution in [-0.2, 0) is 14.3 Å². The highest BCUT2D eigenvalue weighted by Crippen LogP contribution is 2.33. The van der Waals surface area contributed by atoms with E-state index >= 15 is 0 Å². The van der Waals surface area contributed by atoms with Gasteiger partial charge in [0.05, 0.1) is 13.8 Å². The molecule has 0 radical (unpaired) electrons. The van der Waals surface area contributed by atoms with Crippen LogP contribution in [0.4, 0.5) is 9.59 Å². The van der Waals surface area contributed by atoms with E-state index in [9.17, 15) is 9.59 Å². The molecule has 2 heterocycles. The highest BCUT2D eigenvalue weighted by Gasteiger charge is 2.58. The number of rotatable bonds is 7. The lowest BCUT2D eigenvalue weighted by Gasteiger charge is -2.28. The van der Waals surface area contributed by atoms with Crippen molar-refractivity contribution in [3.05, 3.63) is 0 Å². The highest BCUT2D eigenvalue weighted by atomic mass is 16.6. The molecule has 120 valence electrons. The molecule has 4 amide bonds. The summed E-state index contributed by atoms with van der Waals surface area (Å²) in [7, 11) is 6.12. The van der Waals surface area contributed by atoms with Crippen LogP contribution in [0.3, 0.4) is 0 Å². The summed E-state index contributed by atoms with van der Waals surface area (Å²) >= 11 is 0. The van der Waals surface area contributed by atoms with Crippen molar-refractivity contribution in [1.82, 2.24) is 25.1 Å². The third kappa shape index (κ3) is 2.50. The van der Waals surface area contributed by atoms with Gasteiger partial charge in [0.2, 0.25) is 0 Å². The lowest BCUT2D eigenvalue weighted by molar-refractivity contribution is -0.00327. The minimum Gasteiger partial charge on any atom is -0.364 e. The number of hydrogen-bond acceptors (Lipinski definition) is 6. The molecule has 2 saturated heterocycles. The van der Waals surface area contributed by atoms with Crippen molar-refractivity contribution in [3.8, 4) is 0 Å². The second-order valence-corrected chi connectivity index (χ2v) is 4.75. The molecule has 0 aliphatic carbocycles. The molecule has 2 rings (SSSR count). The van der Waals surface area contributed by atoms with E-state index in [0.717, 1.165) is 0 Å². The van der Waals surface area contributed by atoms with E-state index in [4.69, 9.17) is 14.3 Å². The van der Waals surface area contributed by atoms with E-state index < -0.39 is 12.3 Å². The minimum atomic E-state index is -0.464. The Labute approximate surface area is 123 Å². The summed E-state index contributed by atoms with van der Waals surface area (Å²) in [4.78, 5) is 35.6. The Bertz CT molecular complexity index is 404. The van der Waals surface area contributed by atoms with Crippen LogP contribution in [0.25, 0.3) is 0 Å². The molecule has 0 aromatic heterocycles. The largest absolute Gasteiger partial charge is 0.364 e. The summed E-state index contributed by atoms with van der Waals surface area (Å²) in [6.07, 6.45) is -0.897. The number of amides is 4. The van der Waals surface area contributed by atoms with Gasteiger partial charge in [0.1, 0.15) is 13.5 Å². The van der Waals surface area contributed by atoms with Crippen molar-refractivity contribution in [2.24, 2.45) is 0 Å². The number of urea groups is 2. The number of ether oxygens (including phenoxy) is 2. The molecular formula is C11H21N5O5. The Hall–Kier alpha value is -1.62. The van der Waals surface area contributed by atoms with Gasteiger partial charge in [-0.25, -0.2) is 9.59 Å². The summed E-state index contributed by atoms with van der Waals surface area (Å²) in [6, 6.07) is -0.445. The number of nitrogens with one attached hydrogen (secondary N) is 1. The highest BCUT2D eigenvalue weighted by molar-refractivity contribution is 5.84. The summed E-state index contributed by atoms with van der Waals surface area (Å²) in [5.41, 5.74) is 2.63. The Kier molecular flexibility index (Phi) is 4.83. The van der Waals surface area contributed by atoms with Gasteiger partial charge in [0, 0.05) is 21.3 Å². The first-order valence-corrected chi connectivity index (χ1v) is 6.42. The number of methoxy groups -OCH3 is 2. The maximum Gasteiger partial charge on any atom is 0.326 e. The Balaban J connectivity index is 2.29. The number of hydrogen-bond donors (Lipinski definition) is 1. The zero-order valence-electron chi connectivity index (χ0n) is 12.6. The number of nitrogens with zero attached hydrogens (tertiary/aromatic N) is 4. The van der Waals surface area contributed by atoms with E-state index in [0.29, 0.717) is 0 Å². The first-order chi connectivity index (χ1) is 10.1. The fraction of sp³-hybridized carbons (Fsp3) is 0.818.